The fourth-order valence-electron chi connectivity index (χ4n) is 3.19. The molecule has 1 heterocycles. The van der Waals surface area contributed by atoms with E-state index in [1.165, 1.54) is 0 Å². The Labute approximate surface area is 120 Å². The molecule has 0 bridgehead atoms. The van der Waals surface area contributed by atoms with Gasteiger partial charge in [0.05, 0.1) is 5.41 Å². The first-order valence-corrected chi connectivity index (χ1v) is 7.77. The van der Waals surface area contributed by atoms with Gasteiger partial charge in [0.15, 0.2) is 0 Å². The first-order valence-electron chi connectivity index (χ1n) is 7.77. The second-order valence-corrected chi connectivity index (χ2v) is 6.07. The predicted octanol–water partition coefficient (Wildman–Crippen LogP) is 2.10. The van der Waals surface area contributed by atoms with Crippen LogP contribution in [-0.2, 0) is 14.3 Å². The van der Waals surface area contributed by atoms with E-state index in [1.807, 2.05) is 0 Å². The molecule has 0 spiro atoms. The maximum atomic E-state index is 12.1. The molecule has 2 fully saturated rings. The summed E-state index contributed by atoms with van der Waals surface area (Å²) in [6.45, 7) is 0.864. The molecular formula is C15H25NO4. The van der Waals surface area contributed by atoms with E-state index < -0.39 is 11.4 Å². The Hall–Kier alpha value is -1.10. The van der Waals surface area contributed by atoms with Gasteiger partial charge >= 0.3 is 5.97 Å². The molecule has 0 aromatic rings. The molecule has 1 aliphatic carbocycles. The van der Waals surface area contributed by atoms with Gasteiger partial charge in [0.2, 0.25) is 5.91 Å². The van der Waals surface area contributed by atoms with Crippen LogP contribution in [0.15, 0.2) is 0 Å². The van der Waals surface area contributed by atoms with E-state index in [1.54, 1.807) is 0 Å². The number of rotatable bonds is 4. The third-order valence-electron chi connectivity index (χ3n) is 4.59. The summed E-state index contributed by atoms with van der Waals surface area (Å²) in [6.07, 6.45) is 7.73. The Morgan fingerprint density at radius 2 is 1.80 bits per heavy atom. The largest absolute Gasteiger partial charge is 0.481 e. The van der Waals surface area contributed by atoms with Crippen molar-refractivity contribution in [2.45, 2.75) is 63.9 Å². The van der Waals surface area contributed by atoms with Crippen LogP contribution < -0.4 is 5.32 Å². The lowest BCUT2D eigenvalue weighted by atomic mass is 9.80. The molecule has 20 heavy (non-hydrogen) atoms. The molecule has 0 aromatic heterocycles. The van der Waals surface area contributed by atoms with Crippen LogP contribution in [0.25, 0.3) is 0 Å². The SMILES string of the molecule is O=C(NCC1(C(=O)O)CCCCCC1)C1CCCCO1. The number of nitrogens with one attached hydrogen (secondary N) is 1. The Morgan fingerprint density at radius 1 is 1.10 bits per heavy atom. The molecule has 1 saturated heterocycles. The average Bonchev–Trinajstić information content (AvgIpc) is 2.72. The summed E-state index contributed by atoms with van der Waals surface area (Å²) in [5, 5.41) is 12.4. The molecule has 2 rings (SSSR count). The summed E-state index contributed by atoms with van der Waals surface area (Å²) in [4.78, 5) is 23.7. The molecule has 1 atom stereocenters. The predicted molar refractivity (Wildman–Crippen MR) is 74.4 cm³/mol. The van der Waals surface area contributed by atoms with Gasteiger partial charge in [0.1, 0.15) is 6.10 Å². The second-order valence-electron chi connectivity index (χ2n) is 6.07. The number of aliphatic carboxylic acids is 1. The first-order chi connectivity index (χ1) is 9.64. The van der Waals surface area contributed by atoms with Crippen LogP contribution in [-0.4, -0.2) is 36.2 Å². The molecule has 5 heteroatoms. The van der Waals surface area contributed by atoms with Crippen molar-refractivity contribution in [3.63, 3.8) is 0 Å². The fraction of sp³-hybridized carbons (Fsp3) is 0.867. The minimum Gasteiger partial charge on any atom is -0.481 e. The Kier molecular flexibility index (Phi) is 5.40. The normalized spacial score (nSPS) is 26.5. The molecule has 2 N–H and O–H groups in total. The molecule has 1 saturated carbocycles. The molecule has 114 valence electrons. The van der Waals surface area contributed by atoms with Crippen LogP contribution in [0, 0.1) is 5.41 Å². The van der Waals surface area contributed by atoms with Gasteiger partial charge in [-0.15, -0.1) is 0 Å². The number of carbonyl (C=O) groups excluding carboxylic acids is 1. The number of carboxylic acid groups (broad SMARTS) is 1. The third kappa shape index (κ3) is 3.72. The van der Waals surface area contributed by atoms with Crippen molar-refractivity contribution >= 4 is 11.9 Å². The second kappa shape index (κ2) is 7.07. The lowest BCUT2D eigenvalue weighted by Crippen LogP contribution is -2.46. The Morgan fingerprint density at radius 3 is 2.35 bits per heavy atom. The Balaban J connectivity index is 1.91. The van der Waals surface area contributed by atoms with Crippen molar-refractivity contribution in [2.24, 2.45) is 5.41 Å². The van der Waals surface area contributed by atoms with Crippen LogP contribution in [0.5, 0.6) is 0 Å². The fourth-order valence-corrected chi connectivity index (χ4v) is 3.19. The quantitative estimate of drug-likeness (QED) is 0.775. The highest BCUT2D eigenvalue weighted by Crippen LogP contribution is 2.34. The van der Waals surface area contributed by atoms with Crippen LogP contribution in [0.3, 0.4) is 0 Å². The standard InChI is InChI=1S/C15H25NO4/c17-13(12-7-3-6-10-20-12)16-11-15(14(18)19)8-4-1-2-5-9-15/h12H,1-11H2,(H,16,17)(H,18,19). The maximum Gasteiger partial charge on any atom is 0.311 e. The highest BCUT2D eigenvalue weighted by Gasteiger charge is 2.39. The lowest BCUT2D eigenvalue weighted by Gasteiger charge is -2.29. The van der Waals surface area contributed by atoms with Gasteiger partial charge in [-0.3, -0.25) is 9.59 Å². The summed E-state index contributed by atoms with van der Waals surface area (Å²) in [5.74, 6) is -0.918. The summed E-state index contributed by atoms with van der Waals surface area (Å²) < 4.78 is 5.44. The summed E-state index contributed by atoms with van der Waals surface area (Å²) in [5.41, 5.74) is -0.777. The molecule has 1 amide bonds. The van der Waals surface area contributed by atoms with Crippen molar-refractivity contribution in [3.8, 4) is 0 Å². The van der Waals surface area contributed by atoms with Crippen molar-refractivity contribution in [1.29, 1.82) is 0 Å². The first kappa shape index (κ1) is 15.3. The van der Waals surface area contributed by atoms with Crippen LogP contribution in [0.4, 0.5) is 0 Å². The van der Waals surface area contributed by atoms with Crippen LogP contribution in [0.1, 0.15) is 57.8 Å². The minimum absolute atomic E-state index is 0.144. The van der Waals surface area contributed by atoms with Gasteiger partial charge in [-0.1, -0.05) is 25.7 Å². The third-order valence-corrected chi connectivity index (χ3v) is 4.59. The van der Waals surface area contributed by atoms with Crippen molar-refractivity contribution in [1.82, 2.24) is 5.32 Å². The van der Waals surface area contributed by atoms with Crippen molar-refractivity contribution < 1.29 is 19.4 Å². The highest BCUT2D eigenvalue weighted by molar-refractivity contribution is 5.82. The topological polar surface area (TPSA) is 75.6 Å². The van der Waals surface area contributed by atoms with Gasteiger partial charge in [0, 0.05) is 13.2 Å². The zero-order valence-corrected chi connectivity index (χ0v) is 12.0. The number of amides is 1. The molecular weight excluding hydrogens is 258 g/mol. The molecule has 1 unspecified atom stereocenters. The van der Waals surface area contributed by atoms with Gasteiger partial charge in [-0.25, -0.2) is 0 Å². The van der Waals surface area contributed by atoms with Gasteiger partial charge < -0.3 is 15.2 Å². The summed E-state index contributed by atoms with van der Waals surface area (Å²) >= 11 is 0. The van der Waals surface area contributed by atoms with Crippen LogP contribution >= 0.6 is 0 Å². The number of hydrogen-bond donors (Lipinski definition) is 2. The van der Waals surface area contributed by atoms with Crippen molar-refractivity contribution in [3.05, 3.63) is 0 Å². The Bertz CT molecular complexity index is 342. The molecule has 0 aromatic carbocycles. The molecule has 5 nitrogen and oxygen atoms in total. The van der Waals surface area contributed by atoms with Crippen LogP contribution in [0.2, 0.25) is 0 Å². The van der Waals surface area contributed by atoms with E-state index in [0.717, 1.165) is 44.9 Å². The zero-order chi connectivity index (χ0) is 14.4. The maximum absolute atomic E-state index is 12.1. The zero-order valence-electron chi connectivity index (χ0n) is 12.0. The van der Waals surface area contributed by atoms with E-state index in [9.17, 15) is 14.7 Å². The monoisotopic (exact) mass is 283 g/mol. The summed E-state index contributed by atoms with van der Waals surface area (Å²) in [6, 6.07) is 0. The van der Waals surface area contributed by atoms with E-state index in [4.69, 9.17) is 4.74 Å². The van der Waals surface area contributed by atoms with E-state index >= 15 is 0 Å². The van der Waals surface area contributed by atoms with Gasteiger partial charge in [0.25, 0.3) is 0 Å². The summed E-state index contributed by atoms with van der Waals surface area (Å²) in [7, 11) is 0. The molecule has 1 aliphatic heterocycles. The number of carboxylic acids is 1. The number of carbonyl (C=O) groups is 2. The van der Waals surface area contributed by atoms with E-state index in [-0.39, 0.29) is 18.6 Å². The number of hydrogen-bond acceptors (Lipinski definition) is 3. The lowest BCUT2D eigenvalue weighted by molar-refractivity contribution is -0.150. The minimum atomic E-state index is -0.777. The molecule has 0 radical (unpaired) electrons. The number of ether oxygens (including phenoxy) is 1. The highest BCUT2D eigenvalue weighted by atomic mass is 16.5. The van der Waals surface area contributed by atoms with Crippen molar-refractivity contribution in [2.75, 3.05) is 13.2 Å². The average molecular weight is 283 g/mol. The van der Waals surface area contributed by atoms with E-state index in [2.05, 4.69) is 5.32 Å². The molecule has 2 aliphatic rings. The smallest absolute Gasteiger partial charge is 0.311 e. The van der Waals surface area contributed by atoms with E-state index in [0.29, 0.717) is 19.4 Å². The van der Waals surface area contributed by atoms with Gasteiger partial charge in [-0.2, -0.15) is 0 Å². The van der Waals surface area contributed by atoms with Gasteiger partial charge in [-0.05, 0) is 32.1 Å².